The molecule has 0 spiro atoms. The predicted molar refractivity (Wildman–Crippen MR) is 92.7 cm³/mol. The lowest BCUT2D eigenvalue weighted by Crippen LogP contribution is -2.29. The Morgan fingerprint density at radius 2 is 1.67 bits per heavy atom. The molecule has 0 N–H and O–H groups in total. The first-order valence-corrected chi connectivity index (χ1v) is 8.63. The summed E-state index contributed by atoms with van der Waals surface area (Å²) in [7, 11) is 0. The lowest BCUT2D eigenvalue weighted by atomic mass is 10.0. The fourth-order valence-corrected chi connectivity index (χ4v) is 3.97. The van der Waals surface area contributed by atoms with Crippen molar-refractivity contribution in [3.8, 4) is 0 Å². The zero-order valence-corrected chi connectivity index (χ0v) is 14.6. The van der Waals surface area contributed by atoms with Crippen LogP contribution in [0.5, 0.6) is 0 Å². The zero-order chi connectivity index (χ0) is 16.7. The number of rotatable bonds is 3. The molecule has 2 aliphatic rings. The minimum Gasteiger partial charge on any atom is -0.356 e. The van der Waals surface area contributed by atoms with Crippen LogP contribution in [-0.2, 0) is 6.54 Å². The normalized spacial score (nSPS) is 23.7. The maximum atomic E-state index is 4.53. The molecule has 0 saturated carbocycles. The summed E-state index contributed by atoms with van der Waals surface area (Å²) in [6.07, 6.45) is 5.45. The Kier molecular flexibility index (Phi) is 3.92. The van der Waals surface area contributed by atoms with Gasteiger partial charge in [-0.1, -0.05) is 0 Å². The third-order valence-corrected chi connectivity index (χ3v) is 5.39. The number of anilines is 1. The van der Waals surface area contributed by atoms with Gasteiger partial charge in [-0.05, 0) is 32.6 Å². The first kappa shape index (κ1) is 15.4. The molecular formula is C18H24N6. The molecule has 2 aliphatic heterocycles. The van der Waals surface area contributed by atoms with Gasteiger partial charge in [0.05, 0.1) is 11.4 Å². The Labute approximate surface area is 143 Å². The van der Waals surface area contributed by atoms with Gasteiger partial charge < -0.3 is 4.90 Å². The Bertz CT molecular complexity index is 715. The number of hydrogen-bond acceptors (Lipinski definition) is 6. The lowest BCUT2D eigenvalue weighted by Gasteiger charge is -2.23. The van der Waals surface area contributed by atoms with E-state index in [0.717, 1.165) is 67.5 Å². The van der Waals surface area contributed by atoms with Crippen molar-refractivity contribution in [2.75, 3.05) is 31.1 Å². The highest BCUT2D eigenvalue weighted by Gasteiger charge is 2.40. The van der Waals surface area contributed by atoms with Crippen molar-refractivity contribution >= 4 is 5.82 Å². The van der Waals surface area contributed by atoms with Crippen LogP contribution in [0.4, 0.5) is 5.82 Å². The lowest BCUT2D eigenvalue weighted by molar-refractivity contribution is 0.304. The number of hydrogen-bond donors (Lipinski definition) is 0. The van der Waals surface area contributed by atoms with Crippen molar-refractivity contribution in [2.45, 2.75) is 27.3 Å². The summed E-state index contributed by atoms with van der Waals surface area (Å²) in [5.74, 6) is 2.56. The van der Waals surface area contributed by atoms with Crippen LogP contribution >= 0.6 is 0 Å². The molecule has 0 aliphatic carbocycles. The minimum absolute atomic E-state index is 0.720. The van der Waals surface area contributed by atoms with E-state index in [9.17, 15) is 0 Å². The van der Waals surface area contributed by atoms with E-state index in [1.807, 2.05) is 19.3 Å². The van der Waals surface area contributed by atoms with Crippen LogP contribution in [0.15, 0.2) is 18.7 Å². The van der Waals surface area contributed by atoms with Gasteiger partial charge in [0.25, 0.3) is 0 Å². The van der Waals surface area contributed by atoms with E-state index in [4.69, 9.17) is 0 Å². The third kappa shape index (κ3) is 2.86. The summed E-state index contributed by atoms with van der Waals surface area (Å²) < 4.78 is 0. The van der Waals surface area contributed by atoms with Crippen LogP contribution < -0.4 is 4.90 Å². The molecule has 0 bridgehead atoms. The molecule has 0 radical (unpaired) electrons. The summed E-state index contributed by atoms with van der Waals surface area (Å²) in [5, 5.41) is 0. The van der Waals surface area contributed by atoms with Crippen molar-refractivity contribution in [2.24, 2.45) is 11.8 Å². The molecule has 2 fully saturated rings. The van der Waals surface area contributed by atoms with E-state index in [-0.39, 0.29) is 0 Å². The van der Waals surface area contributed by atoms with Gasteiger partial charge in [0.15, 0.2) is 0 Å². The van der Waals surface area contributed by atoms with E-state index < -0.39 is 0 Å². The van der Waals surface area contributed by atoms with Crippen LogP contribution in [0, 0.1) is 32.6 Å². The number of fused-ring (bicyclic) bond motifs is 1. The second kappa shape index (κ2) is 6.09. The van der Waals surface area contributed by atoms with Gasteiger partial charge in [-0.2, -0.15) is 0 Å². The fourth-order valence-electron chi connectivity index (χ4n) is 3.97. The molecule has 6 heteroatoms. The fraction of sp³-hybridized carbons (Fsp3) is 0.556. The molecule has 2 unspecified atom stereocenters. The maximum absolute atomic E-state index is 4.53. The Hall–Kier alpha value is -2.08. The van der Waals surface area contributed by atoms with Crippen LogP contribution in [0.3, 0.4) is 0 Å². The molecule has 126 valence electrons. The third-order valence-electron chi connectivity index (χ3n) is 5.39. The van der Waals surface area contributed by atoms with E-state index in [2.05, 4.69) is 43.6 Å². The SMILES string of the molecule is Cc1cnc(CN2CC3CN(c4ncnc(C)c4C)CC3C2)cn1. The quantitative estimate of drug-likeness (QED) is 0.857. The number of likely N-dealkylation sites (tertiary alicyclic amines) is 1. The topological polar surface area (TPSA) is 58.0 Å². The molecule has 0 aromatic carbocycles. The average Bonchev–Trinajstić information content (AvgIpc) is 3.10. The second-order valence-electron chi connectivity index (χ2n) is 7.18. The van der Waals surface area contributed by atoms with Crippen LogP contribution in [0.25, 0.3) is 0 Å². The average molecular weight is 324 g/mol. The van der Waals surface area contributed by atoms with Gasteiger partial charge in [0, 0.05) is 56.4 Å². The highest BCUT2D eigenvalue weighted by atomic mass is 15.3. The van der Waals surface area contributed by atoms with Gasteiger partial charge in [-0.25, -0.2) is 9.97 Å². The summed E-state index contributed by atoms with van der Waals surface area (Å²) in [6.45, 7) is 11.5. The van der Waals surface area contributed by atoms with Gasteiger partial charge in [-0.15, -0.1) is 0 Å². The van der Waals surface area contributed by atoms with Gasteiger partial charge in [-0.3, -0.25) is 14.9 Å². The van der Waals surface area contributed by atoms with Crippen molar-refractivity contribution in [1.82, 2.24) is 24.8 Å². The number of aromatic nitrogens is 4. The minimum atomic E-state index is 0.720. The standard InChI is InChI=1S/C18H24N6/c1-12-4-20-17(5-19-12)10-23-6-15-8-24(9-16(15)7-23)18-13(2)14(3)21-11-22-18/h4-5,11,15-16H,6-10H2,1-3H3. The van der Waals surface area contributed by atoms with E-state index >= 15 is 0 Å². The Morgan fingerprint density at radius 1 is 0.917 bits per heavy atom. The number of aryl methyl sites for hydroxylation is 2. The molecule has 24 heavy (non-hydrogen) atoms. The van der Waals surface area contributed by atoms with Crippen molar-refractivity contribution in [1.29, 1.82) is 0 Å². The smallest absolute Gasteiger partial charge is 0.135 e. The predicted octanol–water partition coefficient (Wildman–Crippen LogP) is 1.76. The molecular weight excluding hydrogens is 300 g/mol. The summed E-state index contributed by atoms with van der Waals surface area (Å²) >= 11 is 0. The Morgan fingerprint density at radius 3 is 2.33 bits per heavy atom. The van der Waals surface area contributed by atoms with Crippen molar-refractivity contribution in [3.05, 3.63) is 41.4 Å². The largest absolute Gasteiger partial charge is 0.356 e. The summed E-state index contributed by atoms with van der Waals surface area (Å²) in [6, 6.07) is 0. The van der Waals surface area contributed by atoms with E-state index in [1.165, 1.54) is 5.56 Å². The molecule has 2 aromatic rings. The first-order chi connectivity index (χ1) is 11.6. The molecule has 0 amide bonds. The molecule has 6 nitrogen and oxygen atoms in total. The van der Waals surface area contributed by atoms with Crippen LogP contribution in [0.1, 0.15) is 22.6 Å². The summed E-state index contributed by atoms with van der Waals surface area (Å²) in [5.41, 5.74) is 4.34. The monoisotopic (exact) mass is 324 g/mol. The summed E-state index contributed by atoms with van der Waals surface area (Å²) in [4.78, 5) is 22.6. The zero-order valence-electron chi connectivity index (χ0n) is 14.6. The van der Waals surface area contributed by atoms with E-state index in [1.54, 1.807) is 6.33 Å². The van der Waals surface area contributed by atoms with E-state index in [0.29, 0.717) is 0 Å². The highest BCUT2D eigenvalue weighted by Crippen LogP contribution is 2.34. The second-order valence-corrected chi connectivity index (χ2v) is 7.18. The maximum Gasteiger partial charge on any atom is 0.135 e. The molecule has 2 aromatic heterocycles. The van der Waals surface area contributed by atoms with Crippen molar-refractivity contribution < 1.29 is 0 Å². The van der Waals surface area contributed by atoms with Crippen LogP contribution in [0.2, 0.25) is 0 Å². The van der Waals surface area contributed by atoms with Crippen molar-refractivity contribution in [3.63, 3.8) is 0 Å². The molecule has 2 atom stereocenters. The van der Waals surface area contributed by atoms with Gasteiger partial charge in [0.2, 0.25) is 0 Å². The highest BCUT2D eigenvalue weighted by molar-refractivity contribution is 5.48. The molecule has 2 saturated heterocycles. The molecule has 4 rings (SSSR count). The van der Waals surface area contributed by atoms with Crippen LogP contribution in [-0.4, -0.2) is 51.0 Å². The number of nitrogens with zero attached hydrogens (tertiary/aromatic N) is 6. The molecule has 4 heterocycles. The van der Waals surface area contributed by atoms with Gasteiger partial charge in [0.1, 0.15) is 12.1 Å². The first-order valence-electron chi connectivity index (χ1n) is 8.63. The van der Waals surface area contributed by atoms with Gasteiger partial charge >= 0.3 is 0 Å². The Balaban J connectivity index is 1.40.